The summed E-state index contributed by atoms with van der Waals surface area (Å²) in [4.78, 5) is 14.1. The van der Waals surface area contributed by atoms with Gasteiger partial charge < -0.3 is 10.6 Å². The number of primary amides is 1. The topological polar surface area (TPSA) is 82.0 Å². The molecule has 0 radical (unpaired) electrons. The van der Waals surface area contributed by atoms with Gasteiger partial charge in [0.2, 0.25) is 5.91 Å². The number of nitrogens with zero attached hydrogens (tertiary/aromatic N) is 5. The molecule has 2 aromatic rings. The monoisotopic (exact) mass is 336 g/mol. The first kappa shape index (κ1) is 16.0. The average molecular weight is 337 g/mol. The van der Waals surface area contributed by atoms with Gasteiger partial charge in [-0.2, -0.15) is 10.2 Å². The Kier molecular flexibility index (Phi) is 4.41. The Bertz CT molecular complexity index is 709. The molecular formula is C15H21ClN6O. The molecule has 0 aliphatic carbocycles. The van der Waals surface area contributed by atoms with Crippen molar-refractivity contribution in [2.45, 2.75) is 19.4 Å². The minimum absolute atomic E-state index is 0.0995. The van der Waals surface area contributed by atoms with Crippen molar-refractivity contribution in [3.05, 3.63) is 34.9 Å². The van der Waals surface area contributed by atoms with Crippen molar-refractivity contribution in [3.63, 3.8) is 0 Å². The van der Waals surface area contributed by atoms with Crippen LogP contribution in [0.1, 0.15) is 17.2 Å². The van der Waals surface area contributed by atoms with Crippen molar-refractivity contribution in [2.75, 3.05) is 19.6 Å². The number of carbonyl (C=O) groups is 1. The fraction of sp³-hybridized carbons (Fsp3) is 0.533. The summed E-state index contributed by atoms with van der Waals surface area (Å²) in [7, 11) is 1.91. The summed E-state index contributed by atoms with van der Waals surface area (Å²) in [5.74, 6) is -0.329. The highest BCUT2D eigenvalue weighted by atomic mass is 35.5. The summed E-state index contributed by atoms with van der Waals surface area (Å²) in [5.41, 5.74) is 7.82. The zero-order valence-electron chi connectivity index (χ0n) is 13.3. The highest BCUT2D eigenvalue weighted by Gasteiger charge is 2.38. The molecule has 3 rings (SSSR count). The van der Waals surface area contributed by atoms with Gasteiger partial charge >= 0.3 is 0 Å². The Morgan fingerprint density at radius 2 is 2.13 bits per heavy atom. The number of halogens is 1. The Balaban J connectivity index is 1.71. The van der Waals surface area contributed by atoms with Crippen LogP contribution in [0.4, 0.5) is 0 Å². The van der Waals surface area contributed by atoms with E-state index in [1.807, 2.05) is 29.5 Å². The minimum Gasteiger partial charge on any atom is -0.369 e. The van der Waals surface area contributed by atoms with Crippen LogP contribution in [0.2, 0.25) is 5.02 Å². The molecule has 0 aromatic carbocycles. The van der Waals surface area contributed by atoms with E-state index in [-0.39, 0.29) is 17.7 Å². The maximum atomic E-state index is 11.9. The molecule has 1 saturated heterocycles. The lowest BCUT2D eigenvalue weighted by Crippen LogP contribution is -2.30. The summed E-state index contributed by atoms with van der Waals surface area (Å²) >= 11 is 5.88. The molecule has 0 unspecified atom stereocenters. The van der Waals surface area contributed by atoms with Crippen LogP contribution in [-0.2, 0) is 18.4 Å². The van der Waals surface area contributed by atoms with Gasteiger partial charge in [-0.15, -0.1) is 0 Å². The van der Waals surface area contributed by atoms with Gasteiger partial charge in [-0.3, -0.25) is 14.2 Å². The van der Waals surface area contributed by atoms with Crippen LogP contribution < -0.4 is 5.73 Å². The number of aryl methyl sites for hydroxylation is 1. The van der Waals surface area contributed by atoms with Crippen LogP contribution in [0.15, 0.2) is 18.6 Å². The van der Waals surface area contributed by atoms with Crippen molar-refractivity contribution in [3.8, 4) is 0 Å². The van der Waals surface area contributed by atoms with Crippen LogP contribution in [0, 0.1) is 12.8 Å². The van der Waals surface area contributed by atoms with E-state index in [0.29, 0.717) is 11.6 Å². The van der Waals surface area contributed by atoms with Gasteiger partial charge in [0.15, 0.2) is 0 Å². The largest absolute Gasteiger partial charge is 0.369 e. The van der Waals surface area contributed by atoms with Crippen LogP contribution >= 0.6 is 11.6 Å². The molecule has 1 aliphatic heterocycles. The molecular weight excluding hydrogens is 316 g/mol. The second kappa shape index (κ2) is 6.33. The molecule has 1 amide bonds. The van der Waals surface area contributed by atoms with E-state index < -0.39 is 0 Å². The molecule has 0 bridgehead atoms. The van der Waals surface area contributed by atoms with Crippen molar-refractivity contribution >= 4 is 17.5 Å². The summed E-state index contributed by atoms with van der Waals surface area (Å²) in [6.45, 7) is 5.03. The number of aromatic nitrogens is 4. The molecule has 7 nitrogen and oxygen atoms in total. The molecule has 23 heavy (non-hydrogen) atoms. The quantitative estimate of drug-likeness (QED) is 0.874. The van der Waals surface area contributed by atoms with Crippen molar-refractivity contribution in [1.82, 2.24) is 24.5 Å². The third-order valence-electron chi connectivity index (χ3n) is 4.68. The standard InChI is InChI=1S/C15H21ClN6O/c1-10-12(6-18-20(10)2)13-8-21(9-14(13)15(17)23)3-4-22-7-11(16)5-19-22/h5-7,13-14H,3-4,8-9H2,1-2H3,(H2,17,23)/t13-,14+/m1/s1. The predicted molar refractivity (Wildman–Crippen MR) is 87.0 cm³/mol. The zero-order chi connectivity index (χ0) is 16.6. The molecule has 1 fully saturated rings. The van der Waals surface area contributed by atoms with Crippen LogP contribution in [0.5, 0.6) is 0 Å². The van der Waals surface area contributed by atoms with E-state index in [2.05, 4.69) is 15.1 Å². The average Bonchev–Trinajstić information content (AvgIpc) is 3.18. The van der Waals surface area contributed by atoms with Crippen LogP contribution in [-0.4, -0.2) is 50.0 Å². The van der Waals surface area contributed by atoms with E-state index in [1.165, 1.54) is 0 Å². The van der Waals surface area contributed by atoms with Gasteiger partial charge in [0, 0.05) is 44.5 Å². The number of rotatable bonds is 5. The van der Waals surface area contributed by atoms with E-state index in [9.17, 15) is 4.79 Å². The van der Waals surface area contributed by atoms with E-state index in [0.717, 1.165) is 30.9 Å². The SMILES string of the molecule is Cc1c([C@H]2CN(CCn3cc(Cl)cn3)C[C@@H]2C(N)=O)cnn1C. The maximum absolute atomic E-state index is 11.9. The molecule has 0 saturated carbocycles. The van der Waals surface area contributed by atoms with Crippen LogP contribution in [0.3, 0.4) is 0 Å². The summed E-state index contributed by atoms with van der Waals surface area (Å²) in [6.07, 6.45) is 5.28. The van der Waals surface area contributed by atoms with Gasteiger partial charge in [-0.05, 0) is 12.5 Å². The van der Waals surface area contributed by atoms with Gasteiger partial charge in [0.1, 0.15) is 0 Å². The number of amides is 1. The first-order chi connectivity index (χ1) is 11.0. The van der Waals surface area contributed by atoms with E-state index in [4.69, 9.17) is 17.3 Å². The first-order valence-electron chi connectivity index (χ1n) is 7.64. The second-order valence-corrected chi connectivity index (χ2v) is 6.54. The normalized spacial score (nSPS) is 21.9. The lowest BCUT2D eigenvalue weighted by atomic mass is 9.89. The Morgan fingerprint density at radius 3 is 2.70 bits per heavy atom. The number of hydrogen-bond acceptors (Lipinski definition) is 4. The smallest absolute Gasteiger partial charge is 0.222 e. The van der Waals surface area contributed by atoms with Gasteiger partial charge in [0.05, 0.1) is 29.9 Å². The van der Waals surface area contributed by atoms with Crippen molar-refractivity contribution in [2.24, 2.45) is 18.7 Å². The third kappa shape index (κ3) is 3.25. The summed E-state index contributed by atoms with van der Waals surface area (Å²) in [5, 5.41) is 9.10. The molecule has 1 aliphatic rings. The lowest BCUT2D eigenvalue weighted by molar-refractivity contribution is -0.121. The number of carbonyl (C=O) groups excluding carboxylic acids is 1. The fourth-order valence-electron chi connectivity index (χ4n) is 3.26. The molecule has 124 valence electrons. The van der Waals surface area contributed by atoms with Crippen molar-refractivity contribution < 1.29 is 4.79 Å². The van der Waals surface area contributed by atoms with Gasteiger partial charge in [-0.1, -0.05) is 11.6 Å². The number of hydrogen-bond donors (Lipinski definition) is 1. The highest BCUT2D eigenvalue weighted by Crippen LogP contribution is 2.34. The number of likely N-dealkylation sites (tertiary alicyclic amines) is 1. The molecule has 8 heteroatoms. The van der Waals surface area contributed by atoms with Gasteiger partial charge in [-0.25, -0.2) is 0 Å². The van der Waals surface area contributed by atoms with Crippen molar-refractivity contribution in [1.29, 1.82) is 0 Å². The molecule has 0 spiro atoms. The van der Waals surface area contributed by atoms with Gasteiger partial charge in [0.25, 0.3) is 0 Å². The first-order valence-corrected chi connectivity index (χ1v) is 8.01. The predicted octanol–water partition coefficient (Wildman–Crippen LogP) is 0.779. The van der Waals surface area contributed by atoms with E-state index >= 15 is 0 Å². The Morgan fingerprint density at radius 1 is 1.35 bits per heavy atom. The lowest BCUT2D eigenvalue weighted by Gasteiger charge is -2.16. The molecule has 2 N–H and O–H groups in total. The van der Waals surface area contributed by atoms with E-state index in [1.54, 1.807) is 12.4 Å². The van der Waals surface area contributed by atoms with Crippen LogP contribution in [0.25, 0.3) is 0 Å². The Hall–Kier alpha value is -1.86. The fourth-order valence-corrected chi connectivity index (χ4v) is 3.41. The minimum atomic E-state index is -0.247. The molecule has 2 aromatic heterocycles. The molecule has 2 atom stereocenters. The third-order valence-corrected chi connectivity index (χ3v) is 4.88. The summed E-state index contributed by atoms with van der Waals surface area (Å²) < 4.78 is 3.64. The summed E-state index contributed by atoms with van der Waals surface area (Å²) in [6, 6.07) is 0. The maximum Gasteiger partial charge on any atom is 0.222 e. The zero-order valence-corrected chi connectivity index (χ0v) is 14.1. The second-order valence-electron chi connectivity index (χ2n) is 6.11. The number of nitrogens with two attached hydrogens (primary N) is 1. The highest BCUT2D eigenvalue weighted by molar-refractivity contribution is 6.30. The Labute approximate surface area is 140 Å². The molecule has 3 heterocycles.